The summed E-state index contributed by atoms with van der Waals surface area (Å²) in [4.78, 5) is 24.2. The van der Waals surface area contributed by atoms with Crippen LogP contribution in [0.15, 0.2) is 23.3 Å². The van der Waals surface area contributed by atoms with Gasteiger partial charge in [0.25, 0.3) is 0 Å². The van der Waals surface area contributed by atoms with Crippen LogP contribution in [-0.4, -0.2) is 56.7 Å². The van der Waals surface area contributed by atoms with Crippen molar-refractivity contribution in [1.82, 2.24) is 5.32 Å². The van der Waals surface area contributed by atoms with Crippen LogP contribution in [-0.2, 0) is 14.3 Å². The maximum absolute atomic E-state index is 12.2. The fourth-order valence-corrected chi connectivity index (χ4v) is 3.86. The van der Waals surface area contributed by atoms with Gasteiger partial charge in [0.15, 0.2) is 6.54 Å². The second kappa shape index (κ2) is 20.7. The molecule has 0 aliphatic heterocycles. The third-order valence-electron chi connectivity index (χ3n) is 6.09. The molecule has 0 aromatic heterocycles. The van der Waals surface area contributed by atoms with E-state index in [1.54, 1.807) is 0 Å². The molecule has 5 heteroatoms. The summed E-state index contributed by atoms with van der Waals surface area (Å²) in [7, 11) is 4.07. The third kappa shape index (κ3) is 22.2. The van der Waals surface area contributed by atoms with Crippen LogP contribution < -0.4 is 5.32 Å². The van der Waals surface area contributed by atoms with Crippen molar-refractivity contribution < 1.29 is 18.8 Å². The highest BCUT2D eigenvalue weighted by molar-refractivity contribution is 5.75. The minimum Gasteiger partial charge on any atom is -0.457 e. The molecule has 198 valence electrons. The molecule has 0 rings (SSSR count). The van der Waals surface area contributed by atoms with E-state index in [4.69, 9.17) is 4.74 Å². The SMILES string of the molecule is CCCCCCCCCCCC(=O)NCCC[N+](C)(C)CC(=O)OCC=C(C)CCC=C(C)C. The number of nitrogens with zero attached hydrogens (tertiary/aromatic N) is 1. The standard InChI is InChI=1S/C29H54N2O3/c1-7-8-9-10-11-12-13-14-15-20-28(32)30-22-17-23-31(5,6)25-29(33)34-24-21-27(4)19-16-18-26(2)3/h18,21H,7-17,19-20,22-25H2,1-6H3/p+1. The lowest BCUT2D eigenvalue weighted by molar-refractivity contribution is -0.883. The number of quaternary nitrogens is 1. The molecule has 0 unspecified atom stereocenters. The van der Waals surface area contributed by atoms with Crippen LogP contribution in [0.3, 0.4) is 0 Å². The average Bonchev–Trinajstić information content (AvgIpc) is 2.75. The summed E-state index contributed by atoms with van der Waals surface area (Å²) in [5.41, 5.74) is 2.58. The van der Waals surface area contributed by atoms with Gasteiger partial charge in [0.1, 0.15) is 6.61 Å². The van der Waals surface area contributed by atoms with Crippen molar-refractivity contribution >= 4 is 11.9 Å². The molecule has 1 N–H and O–H groups in total. The number of allylic oxidation sites excluding steroid dienone is 3. The number of likely N-dealkylation sites (N-methyl/N-ethyl adjacent to an activating group) is 1. The van der Waals surface area contributed by atoms with Crippen molar-refractivity contribution in [2.45, 2.75) is 111 Å². The monoisotopic (exact) mass is 479 g/mol. The number of hydrogen-bond donors (Lipinski definition) is 1. The number of hydrogen-bond acceptors (Lipinski definition) is 3. The summed E-state index contributed by atoms with van der Waals surface area (Å²) in [6, 6.07) is 0. The van der Waals surface area contributed by atoms with Gasteiger partial charge in [-0.05, 0) is 46.1 Å². The fraction of sp³-hybridized carbons (Fsp3) is 0.793. The van der Waals surface area contributed by atoms with E-state index in [0.29, 0.717) is 30.6 Å². The van der Waals surface area contributed by atoms with E-state index in [1.165, 1.54) is 56.1 Å². The molecule has 34 heavy (non-hydrogen) atoms. The zero-order valence-electron chi connectivity index (χ0n) is 23.3. The molecule has 0 atom stereocenters. The number of ether oxygens (including phenoxy) is 1. The Kier molecular flexibility index (Phi) is 19.7. The third-order valence-corrected chi connectivity index (χ3v) is 6.09. The Morgan fingerprint density at radius 3 is 2.06 bits per heavy atom. The molecule has 0 saturated heterocycles. The molecular weight excluding hydrogens is 424 g/mol. The van der Waals surface area contributed by atoms with Crippen molar-refractivity contribution in [3.8, 4) is 0 Å². The molecule has 0 aliphatic carbocycles. The number of rotatable bonds is 21. The van der Waals surface area contributed by atoms with Crippen LogP contribution in [0.1, 0.15) is 111 Å². The van der Waals surface area contributed by atoms with E-state index < -0.39 is 0 Å². The van der Waals surface area contributed by atoms with Crippen LogP contribution >= 0.6 is 0 Å². The van der Waals surface area contributed by atoms with E-state index in [-0.39, 0.29) is 11.9 Å². The molecule has 0 radical (unpaired) electrons. The molecule has 0 aromatic carbocycles. The predicted octanol–water partition coefficient (Wildman–Crippen LogP) is 6.73. The minimum atomic E-state index is -0.173. The topological polar surface area (TPSA) is 55.4 Å². The zero-order valence-corrected chi connectivity index (χ0v) is 23.3. The van der Waals surface area contributed by atoms with Gasteiger partial charge in [-0.15, -0.1) is 0 Å². The van der Waals surface area contributed by atoms with Crippen LogP contribution in [0.25, 0.3) is 0 Å². The van der Waals surface area contributed by atoms with Gasteiger partial charge in [0, 0.05) is 19.4 Å². The van der Waals surface area contributed by atoms with Crippen LogP contribution in [0, 0.1) is 0 Å². The average molecular weight is 480 g/mol. The molecule has 0 aliphatic rings. The van der Waals surface area contributed by atoms with Crippen molar-refractivity contribution in [3.63, 3.8) is 0 Å². The molecule has 0 fully saturated rings. The smallest absolute Gasteiger partial charge is 0.362 e. The van der Waals surface area contributed by atoms with E-state index in [1.807, 2.05) is 20.2 Å². The Balaban J connectivity index is 3.81. The van der Waals surface area contributed by atoms with E-state index in [0.717, 1.165) is 38.6 Å². The van der Waals surface area contributed by atoms with Gasteiger partial charge in [-0.2, -0.15) is 0 Å². The van der Waals surface area contributed by atoms with E-state index in [2.05, 4.69) is 39.1 Å². The summed E-state index contributed by atoms with van der Waals surface area (Å²) in [5, 5.41) is 3.03. The molecular formula is C29H55N2O3+. The molecule has 1 amide bonds. The van der Waals surface area contributed by atoms with Crippen molar-refractivity contribution in [3.05, 3.63) is 23.3 Å². The van der Waals surface area contributed by atoms with Crippen molar-refractivity contribution in [2.24, 2.45) is 0 Å². The highest BCUT2D eigenvalue weighted by atomic mass is 16.5. The van der Waals surface area contributed by atoms with E-state index >= 15 is 0 Å². The Labute approximate surface area is 211 Å². The predicted molar refractivity (Wildman–Crippen MR) is 145 cm³/mol. The van der Waals surface area contributed by atoms with Gasteiger partial charge >= 0.3 is 5.97 Å². The van der Waals surface area contributed by atoms with Crippen molar-refractivity contribution in [1.29, 1.82) is 0 Å². The second-order valence-electron chi connectivity index (χ2n) is 10.7. The minimum absolute atomic E-state index is 0.152. The molecule has 0 saturated carbocycles. The van der Waals surface area contributed by atoms with Gasteiger partial charge in [-0.3, -0.25) is 4.79 Å². The fourth-order valence-electron chi connectivity index (χ4n) is 3.86. The zero-order chi connectivity index (χ0) is 25.7. The van der Waals surface area contributed by atoms with E-state index in [9.17, 15) is 9.59 Å². The summed E-state index contributed by atoms with van der Waals surface area (Å²) in [6.07, 6.45) is 19.1. The molecule has 0 aromatic rings. The first-order valence-electron chi connectivity index (χ1n) is 13.7. The molecule has 5 nitrogen and oxygen atoms in total. The summed E-state index contributed by atoms with van der Waals surface area (Å²) in [5.74, 6) is -0.0212. The van der Waals surface area contributed by atoms with Crippen LogP contribution in [0.4, 0.5) is 0 Å². The summed E-state index contributed by atoms with van der Waals surface area (Å²) >= 11 is 0. The molecule has 0 bridgehead atoms. The van der Waals surface area contributed by atoms with Gasteiger partial charge in [-0.1, -0.05) is 75.5 Å². The van der Waals surface area contributed by atoms with Gasteiger partial charge < -0.3 is 14.5 Å². The normalized spacial score (nSPS) is 11.9. The van der Waals surface area contributed by atoms with Gasteiger partial charge in [0.05, 0.1) is 20.6 Å². The first-order chi connectivity index (χ1) is 16.2. The lowest BCUT2D eigenvalue weighted by Gasteiger charge is -2.28. The Morgan fingerprint density at radius 1 is 0.824 bits per heavy atom. The Bertz CT molecular complexity index is 604. The Morgan fingerprint density at radius 2 is 1.44 bits per heavy atom. The highest BCUT2D eigenvalue weighted by Crippen LogP contribution is 2.10. The Hall–Kier alpha value is -1.62. The van der Waals surface area contributed by atoms with Crippen molar-refractivity contribution in [2.75, 3.05) is 40.3 Å². The lowest BCUT2D eigenvalue weighted by atomic mass is 10.1. The number of carbonyl (C=O) groups excluding carboxylic acids is 2. The molecule has 0 heterocycles. The summed E-state index contributed by atoms with van der Waals surface area (Å²) < 4.78 is 5.97. The maximum Gasteiger partial charge on any atom is 0.362 e. The van der Waals surface area contributed by atoms with Crippen LogP contribution in [0.5, 0.6) is 0 Å². The number of carbonyl (C=O) groups is 2. The lowest BCUT2D eigenvalue weighted by Crippen LogP contribution is -2.46. The maximum atomic E-state index is 12.2. The number of unbranched alkanes of at least 4 members (excludes halogenated alkanes) is 8. The highest BCUT2D eigenvalue weighted by Gasteiger charge is 2.20. The summed E-state index contributed by atoms with van der Waals surface area (Å²) in [6.45, 7) is 10.7. The first-order valence-corrected chi connectivity index (χ1v) is 13.7. The number of amides is 1. The number of nitrogens with one attached hydrogen (secondary N) is 1. The van der Waals surface area contributed by atoms with Crippen LogP contribution in [0.2, 0.25) is 0 Å². The van der Waals surface area contributed by atoms with Gasteiger partial charge in [-0.25, -0.2) is 4.79 Å². The van der Waals surface area contributed by atoms with Gasteiger partial charge in [0.2, 0.25) is 5.91 Å². The quantitative estimate of drug-likeness (QED) is 0.0860. The largest absolute Gasteiger partial charge is 0.457 e. The first kappa shape index (κ1) is 32.4. The molecule has 0 spiro atoms. The second-order valence-corrected chi connectivity index (χ2v) is 10.7. The number of esters is 1.